The molecule has 0 unspecified atom stereocenters. The maximum atomic E-state index is 9.72. The van der Waals surface area contributed by atoms with Gasteiger partial charge in [0.25, 0.3) is 0 Å². The van der Waals surface area contributed by atoms with Crippen molar-refractivity contribution in [1.82, 2.24) is 0 Å². The van der Waals surface area contributed by atoms with Crippen LogP contribution >= 0.6 is 0 Å². The Morgan fingerprint density at radius 2 is 2.11 bits per heavy atom. The lowest BCUT2D eigenvalue weighted by molar-refractivity contribution is -0.0935. The van der Waals surface area contributed by atoms with Gasteiger partial charge >= 0.3 is 0 Å². The van der Waals surface area contributed by atoms with Gasteiger partial charge in [0, 0.05) is 6.61 Å². The van der Waals surface area contributed by atoms with E-state index < -0.39 is 31.0 Å². The molecule has 19 heavy (non-hydrogen) atoms. The number of ether oxygens (including phenoxy) is 2. The number of allylic oxidation sites excluding steroid dienone is 2. The van der Waals surface area contributed by atoms with Crippen LogP contribution in [0.1, 0.15) is 32.6 Å². The van der Waals surface area contributed by atoms with Crippen LogP contribution in [0.4, 0.5) is 0 Å². The number of unbranched alkanes of at least 4 members (excludes halogenated alkanes) is 2. The normalized spacial score (nSPS) is 29.2. The van der Waals surface area contributed by atoms with Gasteiger partial charge in [-0.3, -0.25) is 0 Å². The van der Waals surface area contributed by atoms with Crippen LogP contribution in [0.2, 0.25) is 0 Å². The molecule has 1 aliphatic heterocycles. The van der Waals surface area contributed by atoms with Crippen LogP contribution in [0.3, 0.4) is 0 Å². The Morgan fingerprint density at radius 3 is 2.79 bits per heavy atom. The SMILES string of the molecule is CCC/C=C/CCCO[C@@H]1[C@H]([C@@H](O)CO)OC[C@H]1O. The minimum absolute atomic E-state index is 0.142. The standard InChI is InChI=1S/C14H26O5/c1-2-3-4-5-6-7-8-18-14-12(17)10-19-13(14)11(16)9-15/h4-5,11-17H,2-3,6-10H2,1H3/b5-4+/t11-,12+,13-,14-/m0/s1. The molecule has 3 N–H and O–H groups in total. The van der Waals surface area contributed by atoms with Gasteiger partial charge < -0.3 is 24.8 Å². The van der Waals surface area contributed by atoms with Gasteiger partial charge in [-0.1, -0.05) is 25.5 Å². The minimum atomic E-state index is -1.01. The first-order chi connectivity index (χ1) is 9.20. The van der Waals surface area contributed by atoms with Gasteiger partial charge in [0.1, 0.15) is 24.4 Å². The second-order valence-corrected chi connectivity index (χ2v) is 4.85. The highest BCUT2D eigenvalue weighted by molar-refractivity contribution is 4.89. The monoisotopic (exact) mass is 274 g/mol. The number of rotatable bonds is 9. The van der Waals surface area contributed by atoms with Crippen molar-refractivity contribution in [2.75, 3.05) is 19.8 Å². The van der Waals surface area contributed by atoms with Crippen molar-refractivity contribution >= 4 is 0 Å². The Labute approximate surface area is 114 Å². The van der Waals surface area contributed by atoms with Gasteiger partial charge in [-0.25, -0.2) is 0 Å². The molecule has 1 aliphatic rings. The summed E-state index contributed by atoms with van der Waals surface area (Å²) >= 11 is 0. The molecule has 0 saturated carbocycles. The smallest absolute Gasteiger partial charge is 0.114 e. The summed E-state index contributed by atoms with van der Waals surface area (Å²) in [7, 11) is 0. The van der Waals surface area contributed by atoms with Crippen LogP contribution in [-0.2, 0) is 9.47 Å². The third kappa shape index (κ3) is 5.58. The van der Waals surface area contributed by atoms with E-state index in [1.54, 1.807) is 0 Å². The molecule has 5 nitrogen and oxygen atoms in total. The molecular formula is C14H26O5. The lowest BCUT2D eigenvalue weighted by Crippen LogP contribution is -2.42. The molecule has 0 aromatic carbocycles. The number of aliphatic hydroxyl groups excluding tert-OH is 3. The largest absolute Gasteiger partial charge is 0.394 e. The van der Waals surface area contributed by atoms with E-state index in [-0.39, 0.29) is 6.61 Å². The van der Waals surface area contributed by atoms with Crippen LogP contribution in [0, 0.1) is 0 Å². The van der Waals surface area contributed by atoms with Crippen LogP contribution in [0.25, 0.3) is 0 Å². The summed E-state index contributed by atoms with van der Waals surface area (Å²) in [5.41, 5.74) is 0. The van der Waals surface area contributed by atoms with Crippen LogP contribution in [0.15, 0.2) is 12.2 Å². The molecule has 0 aromatic rings. The van der Waals surface area contributed by atoms with Gasteiger partial charge in [-0.2, -0.15) is 0 Å². The Morgan fingerprint density at radius 1 is 1.37 bits per heavy atom. The highest BCUT2D eigenvalue weighted by Crippen LogP contribution is 2.21. The molecule has 4 atom stereocenters. The third-order valence-electron chi connectivity index (χ3n) is 3.18. The van der Waals surface area contributed by atoms with Crippen molar-refractivity contribution in [3.05, 3.63) is 12.2 Å². The molecule has 1 rings (SSSR count). The quantitative estimate of drug-likeness (QED) is 0.424. The molecule has 0 radical (unpaired) electrons. The summed E-state index contributed by atoms with van der Waals surface area (Å²) in [4.78, 5) is 0. The summed E-state index contributed by atoms with van der Waals surface area (Å²) in [5, 5.41) is 28.2. The Bertz CT molecular complexity index is 256. The second kappa shape index (κ2) is 9.44. The summed E-state index contributed by atoms with van der Waals surface area (Å²) in [6.45, 7) is 2.40. The summed E-state index contributed by atoms with van der Waals surface area (Å²) in [5.74, 6) is 0. The Kier molecular flexibility index (Phi) is 8.25. The summed E-state index contributed by atoms with van der Waals surface area (Å²) in [6.07, 6.45) is 5.41. The van der Waals surface area contributed by atoms with Crippen LogP contribution in [-0.4, -0.2) is 59.6 Å². The van der Waals surface area contributed by atoms with Gasteiger partial charge in [-0.15, -0.1) is 0 Å². The van der Waals surface area contributed by atoms with E-state index in [0.29, 0.717) is 6.61 Å². The van der Waals surface area contributed by atoms with Crippen molar-refractivity contribution in [3.8, 4) is 0 Å². The first-order valence-corrected chi connectivity index (χ1v) is 7.05. The zero-order valence-electron chi connectivity index (χ0n) is 11.6. The van der Waals surface area contributed by atoms with E-state index in [1.165, 1.54) is 0 Å². The van der Waals surface area contributed by atoms with Crippen LogP contribution in [0.5, 0.6) is 0 Å². The first-order valence-electron chi connectivity index (χ1n) is 7.05. The highest BCUT2D eigenvalue weighted by atomic mass is 16.6. The van der Waals surface area contributed by atoms with E-state index in [4.69, 9.17) is 14.6 Å². The average Bonchev–Trinajstić information content (AvgIpc) is 2.78. The molecule has 0 aromatic heterocycles. The second-order valence-electron chi connectivity index (χ2n) is 4.85. The van der Waals surface area contributed by atoms with E-state index in [0.717, 1.165) is 25.7 Å². The van der Waals surface area contributed by atoms with E-state index in [2.05, 4.69) is 19.1 Å². The zero-order valence-corrected chi connectivity index (χ0v) is 11.6. The lowest BCUT2D eigenvalue weighted by Gasteiger charge is -2.23. The predicted octanol–water partition coefficient (Wildman–Crippen LogP) is 0.621. The maximum absolute atomic E-state index is 9.72. The van der Waals surface area contributed by atoms with E-state index >= 15 is 0 Å². The van der Waals surface area contributed by atoms with Gasteiger partial charge in [0.15, 0.2) is 0 Å². The number of hydrogen-bond donors (Lipinski definition) is 3. The molecular weight excluding hydrogens is 248 g/mol. The fraction of sp³-hybridized carbons (Fsp3) is 0.857. The maximum Gasteiger partial charge on any atom is 0.114 e. The topological polar surface area (TPSA) is 79.2 Å². The average molecular weight is 274 g/mol. The van der Waals surface area contributed by atoms with Crippen LogP contribution < -0.4 is 0 Å². The molecule has 1 fully saturated rings. The van der Waals surface area contributed by atoms with Crippen molar-refractivity contribution in [3.63, 3.8) is 0 Å². The highest BCUT2D eigenvalue weighted by Gasteiger charge is 2.40. The fourth-order valence-electron chi connectivity index (χ4n) is 2.08. The fourth-order valence-corrected chi connectivity index (χ4v) is 2.08. The van der Waals surface area contributed by atoms with Crippen molar-refractivity contribution in [2.24, 2.45) is 0 Å². The van der Waals surface area contributed by atoms with E-state index in [1.807, 2.05) is 0 Å². The van der Waals surface area contributed by atoms with Gasteiger partial charge in [-0.05, 0) is 19.3 Å². The van der Waals surface area contributed by atoms with Crippen molar-refractivity contribution in [2.45, 2.75) is 57.0 Å². The lowest BCUT2D eigenvalue weighted by atomic mass is 10.1. The Hall–Kier alpha value is -0.460. The van der Waals surface area contributed by atoms with Crippen molar-refractivity contribution in [1.29, 1.82) is 0 Å². The van der Waals surface area contributed by atoms with Gasteiger partial charge in [0.2, 0.25) is 0 Å². The molecule has 1 heterocycles. The number of aliphatic hydroxyl groups is 3. The van der Waals surface area contributed by atoms with Crippen molar-refractivity contribution < 1.29 is 24.8 Å². The molecule has 112 valence electrons. The number of hydrogen-bond acceptors (Lipinski definition) is 5. The van der Waals surface area contributed by atoms with Gasteiger partial charge in [0.05, 0.1) is 13.2 Å². The summed E-state index contributed by atoms with van der Waals surface area (Å²) in [6, 6.07) is 0. The molecule has 0 amide bonds. The summed E-state index contributed by atoms with van der Waals surface area (Å²) < 4.78 is 10.8. The zero-order chi connectivity index (χ0) is 14.1. The molecule has 1 saturated heterocycles. The molecule has 5 heteroatoms. The molecule has 0 spiro atoms. The Balaban J connectivity index is 2.22. The third-order valence-corrected chi connectivity index (χ3v) is 3.18. The molecule has 0 bridgehead atoms. The minimum Gasteiger partial charge on any atom is -0.394 e. The molecule has 0 aliphatic carbocycles. The van der Waals surface area contributed by atoms with E-state index in [9.17, 15) is 10.2 Å². The predicted molar refractivity (Wildman–Crippen MR) is 71.9 cm³/mol. The first kappa shape index (κ1) is 16.6.